The molecule has 6 nitrogen and oxygen atoms in total. The van der Waals surface area contributed by atoms with Crippen LogP contribution in [0.3, 0.4) is 0 Å². The molecule has 3 rings (SSSR count). The van der Waals surface area contributed by atoms with E-state index < -0.39 is 10.5 Å². The van der Waals surface area contributed by atoms with Gasteiger partial charge in [0.15, 0.2) is 0 Å². The van der Waals surface area contributed by atoms with Crippen LogP contribution in [0.2, 0.25) is 0 Å². The van der Waals surface area contributed by atoms with Crippen molar-refractivity contribution in [3.8, 4) is 0 Å². The number of pyridine rings is 1. The maximum absolute atomic E-state index is 10.9. The van der Waals surface area contributed by atoms with Gasteiger partial charge in [0.05, 0.1) is 18.0 Å². The first-order valence-corrected chi connectivity index (χ1v) is 5.67. The van der Waals surface area contributed by atoms with Crippen molar-refractivity contribution >= 4 is 11.5 Å². The Bertz CT molecular complexity index is 467. The highest BCUT2D eigenvalue weighted by Gasteiger charge is 2.53. The van der Waals surface area contributed by atoms with E-state index in [1.54, 1.807) is 11.0 Å². The van der Waals surface area contributed by atoms with E-state index >= 15 is 0 Å². The van der Waals surface area contributed by atoms with E-state index in [4.69, 9.17) is 0 Å². The lowest BCUT2D eigenvalue weighted by molar-refractivity contribution is -0.384. The second kappa shape index (κ2) is 3.40. The summed E-state index contributed by atoms with van der Waals surface area (Å²) < 4.78 is 0. The van der Waals surface area contributed by atoms with Crippen LogP contribution < -0.4 is 4.90 Å². The molecule has 6 heteroatoms. The zero-order valence-electron chi connectivity index (χ0n) is 9.24. The van der Waals surface area contributed by atoms with Crippen molar-refractivity contribution in [2.45, 2.75) is 18.4 Å². The standard InChI is InChI=1S/C11H13N3O3/c15-11(8-3-4-8)6-13(7-11)10-9(14(16)17)2-1-5-12-10/h1-2,5,8,15H,3-4,6-7H2. The summed E-state index contributed by atoms with van der Waals surface area (Å²) in [4.78, 5) is 16.2. The minimum atomic E-state index is -0.647. The first kappa shape index (κ1) is 10.5. The van der Waals surface area contributed by atoms with E-state index in [1.807, 2.05) is 0 Å². The van der Waals surface area contributed by atoms with Gasteiger partial charge in [-0.3, -0.25) is 10.1 Å². The van der Waals surface area contributed by atoms with E-state index in [2.05, 4.69) is 4.98 Å². The maximum atomic E-state index is 10.9. The summed E-state index contributed by atoms with van der Waals surface area (Å²) in [5.74, 6) is 0.740. The first-order chi connectivity index (χ1) is 8.10. The van der Waals surface area contributed by atoms with Crippen LogP contribution in [0.15, 0.2) is 18.3 Å². The average Bonchev–Trinajstić information content (AvgIpc) is 3.08. The van der Waals surface area contributed by atoms with Gasteiger partial charge < -0.3 is 10.0 Å². The number of aromatic nitrogens is 1. The van der Waals surface area contributed by atoms with Crippen LogP contribution in [-0.2, 0) is 0 Å². The van der Waals surface area contributed by atoms with Crippen molar-refractivity contribution < 1.29 is 10.0 Å². The number of hydrogen-bond donors (Lipinski definition) is 1. The highest BCUT2D eigenvalue weighted by molar-refractivity contribution is 5.59. The smallest absolute Gasteiger partial charge is 0.311 e. The van der Waals surface area contributed by atoms with Crippen LogP contribution in [0, 0.1) is 16.0 Å². The third-order valence-electron chi connectivity index (χ3n) is 3.53. The summed E-state index contributed by atoms with van der Waals surface area (Å²) in [5, 5.41) is 21.0. The topological polar surface area (TPSA) is 79.5 Å². The molecule has 90 valence electrons. The van der Waals surface area contributed by atoms with E-state index in [-0.39, 0.29) is 5.69 Å². The predicted molar refractivity (Wildman–Crippen MR) is 60.8 cm³/mol. The van der Waals surface area contributed by atoms with Gasteiger partial charge in [-0.2, -0.15) is 0 Å². The fourth-order valence-corrected chi connectivity index (χ4v) is 2.42. The third kappa shape index (κ3) is 1.64. The quantitative estimate of drug-likeness (QED) is 0.623. The molecule has 2 fully saturated rings. The highest BCUT2D eigenvalue weighted by atomic mass is 16.6. The van der Waals surface area contributed by atoms with Crippen LogP contribution in [0.25, 0.3) is 0 Å². The van der Waals surface area contributed by atoms with Crippen LogP contribution in [-0.4, -0.2) is 33.7 Å². The molecule has 1 saturated heterocycles. The molecule has 0 amide bonds. The lowest BCUT2D eigenvalue weighted by Crippen LogP contribution is -2.63. The molecule has 0 aromatic carbocycles. The van der Waals surface area contributed by atoms with Crippen molar-refractivity contribution in [1.82, 2.24) is 4.98 Å². The van der Waals surface area contributed by atoms with Crippen molar-refractivity contribution in [2.75, 3.05) is 18.0 Å². The van der Waals surface area contributed by atoms with E-state index in [9.17, 15) is 15.2 Å². The number of β-amino-alcohol motifs (C(OH)–C–C–N with tert-alkyl or cyclic N) is 1. The summed E-state index contributed by atoms with van der Waals surface area (Å²) in [6, 6.07) is 2.99. The summed E-state index contributed by atoms with van der Waals surface area (Å²) in [7, 11) is 0. The fourth-order valence-electron chi connectivity index (χ4n) is 2.42. The molecule has 17 heavy (non-hydrogen) atoms. The second-order valence-corrected chi connectivity index (χ2v) is 4.84. The monoisotopic (exact) mass is 235 g/mol. The highest BCUT2D eigenvalue weighted by Crippen LogP contribution is 2.46. The van der Waals surface area contributed by atoms with Gasteiger partial charge in [0, 0.05) is 12.3 Å². The van der Waals surface area contributed by atoms with Crippen LogP contribution in [0.1, 0.15) is 12.8 Å². The molecule has 0 radical (unpaired) electrons. The minimum absolute atomic E-state index is 0.00495. The number of rotatable bonds is 3. The van der Waals surface area contributed by atoms with E-state index in [0.717, 1.165) is 12.8 Å². The van der Waals surface area contributed by atoms with Crippen LogP contribution in [0.5, 0.6) is 0 Å². The van der Waals surface area contributed by atoms with Crippen molar-refractivity contribution in [3.05, 3.63) is 28.4 Å². The molecule has 1 aromatic rings. The van der Waals surface area contributed by atoms with Gasteiger partial charge in [0.25, 0.3) is 0 Å². The molecule has 0 bridgehead atoms. The Kier molecular flexibility index (Phi) is 2.09. The van der Waals surface area contributed by atoms with Gasteiger partial charge >= 0.3 is 5.69 Å². The Morgan fingerprint density at radius 2 is 2.24 bits per heavy atom. The Morgan fingerprint density at radius 3 is 2.82 bits per heavy atom. The molecule has 1 saturated carbocycles. The van der Waals surface area contributed by atoms with Crippen molar-refractivity contribution in [2.24, 2.45) is 5.92 Å². The summed E-state index contributed by atoms with van der Waals surface area (Å²) in [6.07, 6.45) is 3.67. The Labute approximate surface area is 98.0 Å². The third-order valence-corrected chi connectivity index (χ3v) is 3.53. The van der Waals surface area contributed by atoms with Gasteiger partial charge in [0.2, 0.25) is 5.82 Å². The lowest BCUT2D eigenvalue weighted by atomic mass is 9.88. The van der Waals surface area contributed by atoms with Crippen LogP contribution >= 0.6 is 0 Å². The van der Waals surface area contributed by atoms with Gasteiger partial charge in [-0.05, 0) is 24.8 Å². The Balaban J connectivity index is 1.80. The predicted octanol–water partition coefficient (Wildman–Crippen LogP) is 0.951. The Hall–Kier alpha value is -1.69. The number of aliphatic hydroxyl groups is 1. The Morgan fingerprint density at radius 1 is 1.53 bits per heavy atom. The minimum Gasteiger partial charge on any atom is -0.386 e. The molecular weight excluding hydrogens is 222 g/mol. The van der Waals surface area contributed by atoms with Gasteiger partial charge in [-0.1, -0.05) is 0 Å². The zero-order chi connectivity index (χ0) is 12.0. The van der Waals surface area contributed by atoms with Crippen LogP contribution in [0.4, 0.5) is 11.5 Å². The molecule has 0 atom stereocenters. The molecule has 0 spiro atoms. The molecule has 1 N–H and O–H groups in total. The largest absolute Gasteiger partial charge is 0.386 e. The number of hydrogen-bond acceptors (Lipinski definition) is 5. The molecule has 0 unspecified atom stereocenters. The summed E-state index contributed by atoms with van der Waals surface area (Å²) >= 11 is 0. The van der Waals surface area contributed by atoms with E-state index in [1.165, 1.54) is 12.3 Å². The molecule has 1 aliphatic heterocycles. The normalized spacial score (nSPS) is 22.1. The van der Waals surface area contributed by atoms with Gasteiger partial charge in [-0.25, -0.2) is 4.98 Å². The lowest BCUT2D eigenvalue weighted by Gasteiger charge is -2.47. The zero-order valence-corrected chi connectivity index (χ0v) is 9.24. The molecule has 1 aromatic heterocycles. The summed E-state index contributed by atoms with van der Waals surface area (Å²) in [5.41, 5.74) is -0.642. The SMILES string of the molecule is O=[N+]([O-])c1cccnc1N1CC(O)(C2CC2)C1. The van der Waals surface area contributed by atoms with Gasteiger partial charge in [0.1, 0.15) is 5.60 Å². The van der Waals surface area contributed by atoms with E-state index in [0.29, 0.717) is 24.8 Å². The average molecular weight is 235 g/mol. The van der Waals surface area contributed by atoms with Crippen molar-refractivity contribution in [3.63, 3.8) is 0 Å². The van der Waals surface area contributed by atoms with Crippen molar-refractivity contribution in [1.29, 1.82) is 0 Å². The molecule has 2 heterocycles. The second-order valence-electron chi connectivity index (χ2n) is 4.84. The number of nitro groups is 1. The summed E-state index contributed by atoms with van der Waals surface area (Å²) in [6.45, 7) is 0.908. The van der Waals surface area contributed by atoms with Gasteiger partial charge in [-0.15, -0.1) is 0 Å². The number of nitrogens with zero attached hydrogens (tertiary/aromatic N) is 3. The fraction of sp³-hybridized carbons (Fsp3) is 0.545. The first-order valence-electron chi connectivity index (χ1n) is 5.67. The number of anilines is 1. The maximum Gasteiger partial charge on any atom is 0.311 e. The molecular formula is C11H13N3O3. The molecule has 2 aliphatic rings. The molecule has 1 aliphatic carbocycles.